The molecule has 350 valence electrons. The number of alkyl halides is 3. The van der Waals surface area contributed by atoms with Crippen LogP contribution in [-0.2, 0) is 6.18 Å². The molecule has 0 saturated carbocycles. The van der Waals surface area contributed by atoms with Crippen LogP contribution in [0.5, 0.6) is 0 Å². The van der Waals surface area contributed by atoms with Crippen molar-refractivity contribution in [2.24, 2.45) is 0 Å². The molecule has 2 nitrogen and oxygen atoms in total. The van der Waals surface area contributed by atoms with Crippen molar-refractivity contribution in [1.82, 2.24) is 9.13 Å². The summed E-state index contributed by atoms with van der Waals surface area (Å²) < 4.78 is 86.5. The molecule has 12 aromatic rings. The molecule has 12 rings (SSSR count). The Kier molecular flexibility index (Phi) is 10.6. The molecule has 0 atom stereocenters. The third-order valence-corrected chi connectivity index (χ3v) is 14.0. The van der Waals surface area contributed by atoms with Crippen LogP contribution in [0.3, 0.4) is 0 Å². The summed E-state index contributed by atoms with van der Waals surface area (Å²) in [5.74, 6) is -1.79. The molecule has 0 unspecified atom stereocenters. The maximum Gasteiger partial charge on any atom is 0.420 e. The van der Waals surface area contributed by atoms with Crippen molar-refractivity contribution in [2.75, 3.05) is 0 Å². The molecule has 0 aliphatic carbocycles. The van der Waals surface area contributed by atoms with Gasteiger partial charge in [0.2, 0.25) is 0 Å². The summed E-state index contributed by atoms with van der Waals surface area (Å²) in [5, 5.41) is 2.89. The number of nitrogens with zero attached hydrogens (tertiary/aromatic N) is 2. The van der Waals surface area contributed by atoms with E-state index in [2.05, 4.69) is 24.3 Å². The first kappa shape index (κ1) is 44.6. The molecule has 72 heavy (non-hydrogen) atoms. The van der Waals surface area contributed by atoms with E-state index in [-0.39, 0.29) is 16.9 Å². The van der Waals surface area contributed by atoms with E-state index in [0.29, 0.717) is 22.1 Å². The Morgan fingerprint density at radius 3 is 0.861 bits per heavy atom. The van der Waals surface area contributed by atoms with Gasteiger partial charge >= 0.3 is 6.18 Å². The van der Waals surface area contributed by atoms with Gasteiger partial charge in [0.1, 0.15) is 17.2 Å². The first-order valence-corrected chi connectivity index (χ1v) is 23.9. The number of halogens is 5. The van der Waals surface area contributed by atoms with E-state index in [1.165, 1.54) is 18.2 Å². The Labute approximate surface area is 413 Å². The van der Waals surface area contributed by atoms with Crippen molar-refractivity contribution in [2.45, 2.75) is 33.9 Å². The highest BCUT2D eigenvalue weighted by molar-refractivity contribution is 6.14. The number of hydrogen-bond donors (Lipinski definition) is 0. The molecule has 0 bridgehead atoms. The van der Waals surface area contributed by atoms with Crippen molar-refractivity contribution >= 4 is 43.6 Å². The first-order chi connectivity index (χ1) is 34.8. The SMILES string of the molecule is Cc1cccc(-c2ccc3c(c2)c2cc(-c4cccc(C)c4)ccc2n3-c2cc(-c3c(F)cccc3F)cc(-n3c4ccc(-c5cccc(C)c5)cc4c4cc(-c5cccc(C)c5)ccc43)c2C(F)(F)F)c1. The predicted molar refractivity (Wildman–Crippen MR) is 286 cm³/mol. The quantitative estimate of drug-likeness (QED) is 0.141. The summed E-state index contributed by atoms with van der Waals surface area (Å²) in [6.45, 7) is 8.08. The second-order valence-electron chi connectivity index (χ2n) is 19.1. The normalized spacial score (nSPS) is 12.0. The summed E-state index contributed by atoms with van der Waals surface area (Å²) >= 11 is 0. The van der Waals surface area contributed by atoms with Gasteiger partial charge in [-0.3, -0.25) is 0 Å². The standard InChI is InChI=1S/C65H45F5N2/c1-38-10-5-14-42(28-38)46-20-24-57-51(32-46)52-33-47(43-15-6-11-39(2)29-43)21-25-58(52)71(57)61-36-50(63-55(66)18-9-19-56(63)67)37-62(64(61)65(68,69)70)72-59-26-22-48(44-16-7-12-40(3)30-44)34-53(59)54-35-49(23-27-60(54)72)45-17-8-13-41(4)31-45/h5-37H,1-4H3. The summed E-state index contributed by atoms with van der Waals surface area (Å²) in [5.41, 5.74) is 11.7. The van der Waals surface area contributed by atoms with Crippen molar-refractivity contribution in [3.05, 3.63) is 240 Å². The van der Waals surface area contributed by atoms with Crippen LogP contribution < -0.4 is 0 Å². The van der Waals surface area contributed by atoms with Crippen LogP contribution in [0.2, 0.25) is 0 Å². The Morgan fingerprint density at radius 2 is 0.583 bits per heavy atom. The van der Waals surface area contributed by atoms with Crippen LogP contribution in [0.15, 0.2) is 200 Å². The second kappa shape index (κ2) is 17.1. The molecule has 2 heterocycles. The van der Waals surface area contributed by atoms with Crippen molar-refractivity contribution in [1.29, 1.82) is 0 Å². The predicted octanol–water partition coefficient (Wildman–Crippen LogP) is 18.7. The molecule has 0 aliphatic heterocycles. The van der Waals surface area contributed by atoms with Gasteiger partial charge in [-0.2, -0.15) is 13.2 Å². The van der Waals surface area contributed by atoms with E-state index >= 15 is 22.0 Å². The molecule has 0 N–H and O–H groups in total. The topological polar surface area (TPSA) is 9.86 Å². The largest absolute Gasteiger partial charge is 0.420 e. The minimum absolute atomic E-state index is 0.0471. The minimum atomic E-state index is -4.99. The number of benzene rings is 10. The highest BCUT2D eigenvalue weighted by Crippen LogP contribution is 2.48. The highest BCUT2D eigenvalue weighted by Gasteiger charge is 2.40. The second-order valence-corrected chi connectivity index (χ2v) is 19.1. The zero-order chi connectivity index (χ0) is 49.6. The van der Waals surface area contributed by atoms with Crippen LogP contribution in [0, 0.1) is 39.3 Å². The molecule has 7 heteroatoms. The molecule has 0 radical (unpaired) electrons. The molecule has 0 amide bonds. The van der Waals surface area contributed by atoms with Crippen LogP contribution >= 0.6 is 0 Å². The van der Waals surface area contributed by atoms with Crippen LogP contribution in [-0.4, -0.2) is 9.13 Å². The third-order valence-electron chi connectivity index (χ3n) is 14.0. The number of rotatable bonds is 7. The van der Waals surface area contributed by atoms with Gasteiger partial charge < -0.3 is 9.13 Å². The summed E-state index contributed by atoms with van der Waals surface area (Å²) in [6, 6.07) is 61.8. The number of aromatic nitrogens is 2. The van der Waals surface area contributed by atoms with Gasteiger partial charge in [0.05, 0.1) is 39.0 Å². The lowest BCUT2D eigenvalue weighted by molar-refractivity contribution is -0.137. The fourth-order valence-corrected chi connectivity index (χ4v) is 10.8. The van der Waals surface area contributed by atoms with E-state index in [4.69, 9.17) is 0 Å². The molecule has 0 spiro atoms. The monoisotopic (exact) mass is 948 g/mol. The lowest BCUT2D eigenvalue weighted by atomic mass is 9.98. The van der Waals surface area contributed by atoms with E-state index in [1.807, 2.05) is 173 Å². The molecular formula is C65H45F5N2. The third kappa shape index (κ3) is 7.64. The Balaban J connectivity index is 1.22. The molecule has 0 saturated heterocycles. The number of hydrogen-bond acceptors (Lipinski definition) is 0. The first-order valence-electron chi connectivity index (χ1n) is 23.9. The van der Waals surface area contributed by atoms with Gasteiger partial charge in [0, 0.05) is 21.5 Å². The van der Waals surface area contributed by atoms with Crippen LogP contribution in [0.4, 0.5) is 22.0 Å². The molecule has 0 aliphatic rings. The lowest BCUT2D eigenvalue weighted by Gasteiger charge is -2.23. The molecule has 2 aromatic heterocycles. The molecule has 10 aromatic carbocycles. The maximum atomic E-state index is 16.9. The van der Waals surface area contributed by atoms with E-state index in [1.54, 1.807) is 9.13 Å². The van der Waals surface area contributed by atoms with Gasteiger partial charge in [0.15, 0.2) is 0 Å². The van der Waals surface area contributed by atoms with Gasteiger partial charge in [-0.1, -0.05) is 150 Å². The average Bonchev–Trinajstić information content (AvgIpc) is 3.87. The smallest absolute Gasteiger partial charge is 0.309 e. The fraction of sp³-hybridized carbons (Fsp3) is 0.0769. The minimum Gasteiger partial charge on any atom is -0.309 e. The zero-order valence-corrected chi connectivity index (χ0v) is 39.8. The lowest BCUT2D eigenvalue weighted by Crippen LogP contribution is -2.16. The molecule has 0 fully saturated rings. The Hall–Kier alpha value is -8.55. The van der Waals surface area contributed by atoms with Gasteiger partial charge in [-0.25, -0.2) is 8.78 Å². The van der Waals surface area contributed by atoms with E-state index in [0.717, 1.165) is 100 Å². The Morgan fingerprint density at radius 1 is 0.306 bits per heavy atom. The summed E-state index contributed by atoms with van der Waals surface area (Å²) in [4.78, 5) is 0. The average molecular weight is 949 g/mol. The molecular weight excluding hydrogens is 904 g/mol. The fourth-order valence-electron chi connectivity index (χ4n) is 10.8. The Bertz CT molecular complexity index is 3710. The summed E-state index contributed by atoms with van der Waals surface area (Å²) in [6.07, 6.45) is -4.99. The van der Waals surface area contributed by atoms with Gasteiger partial charge in [0.25, 0.3) is 0 Å². The van der Waals surface area contributed by atoms with Gasteiger partial charge in [-0.05, 0) is 151 Å². The van der Waals surface area contributed by atoms with Gasteiger partial charge in [-0.15, -0.1) is 0 Å². The van der Waals surface area contributed by atoms with E-state index < -0.39 is 28.9 Å². The van der Waals surface area contributed by atoms with Crippen LogP contribution in [0.25, 0.3) is 111 Å². The zero-order valence-electron chi connectivity index (χ0n) is 39.8. The van der Waals surface area contributed by atoms with E-state index in [9.17, 15) is 0 Å². The van der Waals surface area contributed by atoms with Crippen molar-refractivity contribution in [3.63, 3.8) is 0 Å². The van der Waals surface area contributed by atoms with Crippen molar-refractivity contribution in [3.8, 4) is 67.0 Å². The maximum absolute atomic E-state index is 16.9. The number of aryl methyl sites for hydroxylation is 4. The summed E-state index contributed by atoms with van der Waals surface area (Å²) in [7, 11) is 0. The van der Waals surface area contributed by atoms with Crippen molar-refractivity contribution < 1.29 is 22.0 Å². The van der Waals surface area contributed by atoms with Crippen LogP contribution in [0.1, 0.15) is 27.8 Å². The highest BCUT2D eigenvalue weighted by atomic mass is 19.4. The number of fused-ring (bicyclic) bond motifs is 6.